The Labute approximate surface area is 160 Å². The minimum absolute atomic E-state index is 0.135. The summed E-state index contributed by atoms with van der Waals surface area (Å²) in [7, 11) is 0. The lowest BCUT2D eigenvalue weighted by molar-refractivity contribution is 0.0989. The number of hydrogen-bond acceptors (Lipinski definition) is 4. The van der Waals surface area contributed by atoms with Crippen molar-refractivity contribution in [1.29, 1.82) is 0 Å². The van der Waals surface area contributed by atoms with Crippen LogP contribution in [0.25, 0.3) is 21.9 Å². The molecular weight excluding hydrogens is 355 g/mol. The number of halogens is 1. The van der Waals surface area contributed by atoms with Crippen LogP contribution in [0.3, 0.4) is 0 Å². The Bertz CT molecular complexity index is 1280. The van der Waals surface area contributed by atoms with Crippen LogP contribution >= 0.6 is 0 Å². The molecule has 138 valence electrons. The fraction of sp³-hybridized carbons (Fsp3) is 0.182. The highest BCUT2D eigenvalue weighted by Crippen LogP contribution is 2.31. The average molecular weight is 372 g/mol. The fourth-order valence-electron chi connectivity index (χ4n) is 3.65. The number of nitrogens with zero attached hydrogens (tertiary/aromatic N) is 4. The first-order valence-corrected chi connectivity index (χ1v) is 9.16. The first-order valence-electron chi connectivity index (χ1n) is 9.16. The van der Waals surface area contributed by atoms with Gasteiger partial charge >= 0.3 is 0 Å². The van der Waals surface area contributed by atoms with Crippen LogP contribution in [-0.2, 0) is 6.42 Å². The summed E-state index contributed by atoms with van der Waals surface area (Å²) in [5, 5.41) is 0.876. The summed E-state index contributed by atoms with van der Waals surface area (Å²) in [6.45, 7) is 4.37. The Balaban J connectivity index is 1.57. The molecule has 0 spiro atoms. The lowest BCUT2D eigenvalue weighted by Gasteiger charge is -2.17. The van der Waals surface area contributed by atoms with Crippen LogP contribution in [0.4, 0.5) is 10.2 Å². The predicted molar refractivity (Wildman–Crippen MR) is 106 cm³/mol. The molecule has 28 heavy (non-hydrogen) atoms. The van der Waals surface area contributed by atoms with Gasteiger partial charge in [-0.05, 0) is 62.2 Å². The largest absolute Gasteiger partial charge is 0.292 e. The number of hydrogen-bond donors (Lipinski definition) is 0. The first-order chi connectivity index (χ1) is 13.5. The number of carbonyl (C=O) groups is 1. The Kier molecular flexibility index (Phi) is 3.62. The Hall–Kier alpha value is -3.41. The summed E-state index contributed by atoms with van der Waals surface area (Å²) < 4.78 is 13.6. The van der Waals surface area contributed by atoms with E-state index >= 15 is 0 Å². The van der Waals surface area contributed by atoms with Gasteiger partial charge in [0.05, 0.1) is 27.9 Å². The van der Waals surface area contributed by atoms with E-state index in [-0.39, 0.29) is 11.7 Å². The molecule has 5 nitrogen and oxygen atoms in total. The molecule has 0 bridgehead atoms. The van der Waals surface area contributed by atoms with Gasteiger partial charge in [-0.2, -0.15) is 0 Å². The number of rotatable bonds is 1. The molecule has 0 saturated carbocycles. The summed E-state index contributed by atoms with van der Waals surface area (Å²) in [4.78, 5) is 28.5. The van der Waals surface area contributed by atoms with Gasteiger partial charge in [-0.3, -0.25) is 9.69 Å². The zero-order valence-corrected chi connectivity index (χ0v) is 15.5. The highest BCUT2D eigenvalue weighted by molar-refractivity contribution is 6.08. The number of anilines is 1. The molecule has 0 fully saturated rings. The second-order valence-electron chi connectivity index (χ2n) is 7.11. The van der Waals surface area contributed by atoms with Crippen LogP contribution in [0.1, 0.15) is 27.3 Å². The number of benzene rings is 2. The molecule has 2 aromatic heterocycles. The third-order valence-corrected chi connectivity index (χ3v) is 5.26. The van der Waals surface area contributed by atoms with Gasteiger partial charge in [0, 0.05) is 23.6 Å². The van der Waals surface area contributed by atoms with E-state index in [2.05, 4.69) is 15.0 Å². The monoisotopic (exact) mass is 372 g/mol. The third-order valence-electron chi connectivity index (χ3n) is 5.26. The van der Waals surface area contributed by atoms with Gasteiger partial charge in [-0.1, -0.05) is 0 Å². The Morgan fingerprint density at radius 1 is 0.929 bits per heavy atom. The van der Waals surface area contributed by atoms with Gasteiger partial charge in [0.15, 0.2) is 0 Å². The van der Waals surface area contributed by atoms with E-state index in [0.717, 1.165) is 34.3 Å². The van der Waals surface area contributed by atoms with Gasteiger partial charge in [0.25, 0.3) is 5.91 Å². The van der Waals surface area contributed by atoms with Crippen molar-refractivity contribution in [3.05, 3.63) is 70.8 Å². The molecule has 0 radical (unpaired) electrons. The maximum absolute atomic E-state index is 13.6. The molecule has 3 heterocycles. The van der Waals surface area contributed by atoms with E-state index in [4.69, 9.17) is 0 Å². The zero-order valence-electron chi connectivity index (χ0n) is 15.5. The molecule has 1 aliphatic rings. The van der Waals surface area contributed by atoms with Crippen LogP contribution in [0.5, 0.6) is 0 Å². The van der Waals surface area contributed by atoms with Crippen molar-refractivity contribution >= 4 is 33.7 Å². The topological polar surface area (TPSA) is 59.0 Å². The molecule has 1 amide bonds. The summed E-state index contributed by atoms with van der Waals surface area (Å²) in [5.41, 5.74) is 5.28. The average Bonchev–Trinajstić information content (AvgIpc) is 3.09. The van der Waals surface area contributed by atoms with Crippen LogP contribution in [0.15, 0.2) is 42.5 Å². The summed E-state index contributed by atoms with van der Waals surface area (Å²) in [5.74, 6) is 0.132. The van der Waals surface area contributed by atoms with Gasteiger partial charge < -0.3 is 0 Å². The number of fused-ring (bicyclic) bond motifs is 3. The van der Waals surface area contributed by atoms with Crippen molar-refractivity contribution < 1.29 is 9.18 Å². The molecule has 0 saturated heterocycles. The molecule has 1 aliphatic heterocycles. The van der Waals surface area contributed by atoms with E-state index in [1.165, 1.54) is 12.1 Å². The van der Waals surface area contributed by atoms with Gasteiger partial charge in [0.2, 0.25) is 0 Å². The van der Waals surface area contributed by atoms with Crippen molar-refractivity contribution in [3.63, 3.8) is 0 Å². The van der Waals surface area contributed by atoms with E-state index in [9.17, 15) is 9.18 Å². The maximum atomic E-state index is 13.6. The summed E-state index contributed by atoms with van der Waals surface area (Å²) >= 11 is 0. The zero-order chi connectivity index (χ0) is 19.4. The summed E-state index contributed by atoms with van der Waals surface area (Å²) in [6.07, 6.45) is 0.729. The summed E-state index contributed by atoms with van der Waals surface area (Å²) in [6, 6.07) is 11.9. The molecule has 0 aliphatic carbocycles. The van der Waals surface area contributed by atoms with Gasteiger partial charge in [-0.25, -0.2) is 19.3 Å². The number of amides is 1. The Morgan fingerprint density at radius 2 is 1.71 bits per heavy atom. The first kappa shape index (κ1) is 16.7. The minimum Gasteiger partial charge on any atom is -0.292 e. The molecule has 0 atom stereocenters. The van der Waals surface area contributed by atoms with E-state index in [1.54, 1.807) is 23.1 Å². The lowest BCUT2D eigenvalue weighted by Crippen LogP contribution is -2.29. The van der Waals surface area contributed by atoms with Crippen LogP contribution in [0, 0.1) is 19.7 Å². The minimum atomic E-state index is -0.338. The van der Waals surface area contributed by atoms with Crippen LogP contribution in [0.2, 0.25) is 0 Å². The lowest BCUT2D eigenvalue weighted by atomic mass is 10.1. The van der Waals surface area contributed by atoms with E-state index < -0.39 is 0 Å². The van der Waals surface area contributed by atoms with Crippen molar-refractivity contribution in [2.75, 3.05) is 11.4 Å². The highest BCUT2D eigenvalue weighted by atomic mass is 19.1. The predicted octanol–water partition coefficient (Wildman–Crippen LogP) is 4.14. The molecule has 4 aromatic rings. The third kappa shape index (κ3) is 2.60. The van der Waals surface area contributed by atoms with Gasteiger partial charge in [0.1, 0.15) is 11.6 Å². The molecule has 2 aromatic carbocycles. The van der Waals surface area contributed by atoms with E-state index in [1.807, 2.05) is 26.0 Å². The second-order valence-corrected chi connectivity index (χ2v) is 7.11. The number of pyridine rings is 1. The molecule has 6 heteroatoms. The van der Waals surface area contributed by atoms with Crippen molar-refractivity contribution in [2.45, 2.75) is 20.3 Å². The number of carbonyl (C=O) groups excluding carboxylic acids is 1. The SMILES string of the molecule is Cc1nc2ccc(C(=O)N3CCc4cc5ccc(F)cc5nc43)cc2nc1C. The molecule has 5 rings (SSSR count). The number of aryl methyl sites for hydroxylation is 2. The standard InChI is InChI=1S/C22H17FN4O/c1-12-13(2)25-20-10-16(4-6-18(20)24-12)22(28)27-8-7-15-9-14-3-5-17(23)11-19(14)26-21(15)27/h3-6,9-11H,7-8H2,1-2H3. The van der Waals surface area contributed by atoms with Crippen molar-refractivity contribution in [2.24, 2.45) is 0 Å². The molecule has 0 unspecified atom stereocenters. The number of aromatic nitrogens is 3. The maximum Gasteiger partial charge on any atom is 0.259 e. The van der Waals surface area contributed by atoms with Crippen molar-refractivity contribution in [3.8, 4) is 0 Å². The van der Waals surface area contributed by atoms with Crippen LogP contribution in [-0.4, -0.2) is 27.4 Å². The smallest absolute Gasteiger partial charge is 0.259 e. The van der Waals surface area contributed by atoms with Gasteiger partial charge in [-0.15, -0.1) is 0 Å². The van der Waals surface area contributed by atoms with Crippen LogP contribution < -0.4 is 4.90 Å². The molecule has 0 N–H and O–H groups in total. The normalized spacial score (nSPS) is 13.3. The van der Waals surface area contributed by atoms with Crippen molar-refractivity contribution in [1.82, 2.24) is 15.0 Å². The molecular formula is C22H17FN4O. The second kappa shape index (κ2) is 6.05. The highest BCUT2D eigenvalue weighted by Gasteiger charge is 2.28. The quantitative estimate of drug-likeness (QED) is 0.504. The van der Waals surface area contributed by atoms with E-state index in [0.29, 0.717) is 29.0 Å². The fourth-order valence-corrected chi connectivity index (χ4v) is 3.65. The Morgan fingerprint density at radius 3 is 2.54 bits per heavy atom.